The minimum absolute atomic E-state index is 0.105. The molecule has 0 unspecified atom stereocenters. The molecular formula is C24H28ClN5O2S. The van der Waals surface area contributed by atoms with Crippen LogP contribution in [0.1, 0.15) is 52.8 Å². The second-order valence-electron chi connectivity index (χ2n) is 7.90. The molecule has 0 saturated carbocycles. The summed E-state index contributed by atoms with van der Waals surface area (Å²) in [6, 6.07) is 10.4. The summed E-state index contributed by atoms with van der Waals surface area (Å²) in [6.45, 7) is 10.5. The summed E-state index contributed by atoms with van der Waals surface area (Å²) < 4.78 is 1.91. The maximum atomic E-state index is 12.6. The Morgan fingerprint density at radius 1 is 1.09 bits per heavy atom. The average Bonchev–Trinajstić information content (AvgIpc) is 3.18. The summed E-state index contributed by atoms with van der Waals surface area (Å²) in [7, 11) is 0. The topological polar surface area (TPSA) is 88.9 Å². The van der Waals surface area contributed by atoms with Crippen LogP contribution in [0.5, 0.6) is 0 Å². The number of carbonyl (C=O) groups is 2. The molecule has 3 aromatic rings. The minimum Gasteiger partial charge on any atom is -0.342 e. The summed E-state index contributed by atoms with van der Waals surface area (Å²) >= 11 is 7.21. The van der Waals surface area contributed by atoms with Gasteiger partial charge < -0.3 is 15.2 Å². The van der Waals surface area contributed by atoms with E-state index in [0.29, 0.717) is 28.1 Å². The largest absolute Gasteiger partial charge is 0.342 e. The molecule has 1 aromatic heterocycles. The number of rotatable bonds is 8. The van der Waals surface area contributed by atoms with Gasteiger partial charge in [0.15, 0.2) is 11.0 Å². The number of hydrogen-bond donors (Lipinski definition) is 2. The highest BCUT2D eigenvalue weighted by molar-refractivity contribution is 7.99. The van der Waals surface area contributed by atoms with Crippen molar-refractivity contribution < 1.29 is 9.59 Å². The Kier molecular flexibility index (Phi) is 8.15. The zero-order valence-corrected chi connectivity index (χ0v) is 21.0. The highest BCUT2D eigenvalue weighted by atomic mass is 35.5. The molecule has 2 aromatic carbocycles. The van der Waals surface area contributed by atoms with Crippen molar-refractivity contribution in [2.75, 3.05) is 11.1 Å². The van der Waals surface area contributed by atoms with Gasteiger partial charge in [-0.3, -0.25) is 9.59 Å². The highest BCUT2D eigenvalue weighted by Crippen LogP contribution is 2.24. The first-order valence-electron chi connectivity index (χ1n) is 10.7. The maximum Gasteiger partial charge on any atom is 0.251 e. The molecule has 0 bridgehead atoms. The number of carbonyl (C=O) groups excluding carboxylic acids is 2. The van der Waals surface area contributed by atoms with Crippen LogP contribution < -0.4 is 10.6 Å². The Labute approximate surface area is 203 Å². The van der Waals surface area contributed by atoms with Crippen molar-refractivity contribution in [1.29, 1.82) is 0 Å². The summed E-state index contributed by atoms with van der Waals surface area (Å²) in [5, 5.41) is 15.7. The number of amides is 2. The van der Waals surface area contributed by atoms with Gasteiger partial charge in [-0.2, -0.15) is 0 Å². The third kappa shape index (κ3) is 6.15. The molecule has 2 amide bonds. The monoisotopic (exact) mass is 485 g/mol. The molecule has 1 heterocycles. The van der Waals surface area contributed by atoms with Gasteiger partial charge in [-0.1, -0.05) is 41.1 Å². The quantitative estimate of drug-likeness (QED) is 0.433. The lowest BCUT2D eigenvalue weighted by Crippen LogP contribution is -2.28. The molecule has 0 saturated heterocycles. The molecule has 0 spiro atoms. The predicted molar refractivity (Wildman–Crippen MR) is 133 cm³/mol. The number of benzene rings is 2. The van der Waals surface area contributed by atoms with Crippen LogP contribution in [0.15, 0.2) is 41.6 Å². The first-order chi connectivity index (χ1) is 15.7. The third-order valence-corrected chi connectivity index (χ3v) is 6.40. The zero-order chi connectivity index (χ0) is 24.1. The van der Waals surface area contributed by atoms with Gasteiger partial charge in [-0.05, 0) is 70.0 Å². The van der Waals surface area contributed by atoms with Crippen molar-refractivity contribution in [2.45, 2.75) is 52.4 Å². The molecule has 2 N–H and O–H groups in total. The fourth-order valence-electron chi connectivity index (χ4n) is 3.65. The lowest BCUT2D eigenvalue weighted by Gasteiger charge is -2.15. The van der Waals surface area contributed by atoms with Crippen molar-refractivity contribution in [3.63, 3.8) is 0 Å². The molecule has 0 aliphatic heterocycles. The number of nitrogens with one attached hydrogen (secondary N) is 2. The van der Waals surface area contributed by atoms with E-state index < -0.39 is 0 Å². The third-order valence-electron chi connectivity index (χ3n) is 5.18. The number of hydrogen-bond acceptors (Lipinski definition) is 5. The number of halogens is 1. The number of aromatic nitrogens is 3. The molecule has 33 heavy (non-hydrogen) atoms. The van der Waals surface area contributed by atoms with Gasteiger partial charge in [0.05, 0.1) is 11.8 Å². The van der Waals surface area contributed by atoms with Gasteiger partial charge in [0.1, 0.15) is 0 Å². The average molecular weight is 486 g/mol. The van der Waals surface area contributed by atoms with Crippen LogP contribution in [0.25, 0.3) is 0 Å². The molecule has 7 nitrogen and oxygen atoms in total. The smallest absolute Gasteiger partial charge is 0.251 e. The van der Waals surface area contributed by atoms with E-state index in [9.17, 15) is 9.59 Å². The van der Waals surface area contributed by atoms with Crippen molar-refractivity contribution >= 4 is 40.9 Å². The van der Waals surface area contributed by atoms with Gasteiger partial charge in [0.25, 0.3) is 5.91 Å². The van der Waals surface area contributed by atoms with Crippen LogP contribution >= 0.6 is 23.4 Å². The predicted octanol–water partition coefficient (Wildman–Crippen LogP) is 5.10. The normalized spacial score (nSPS) is 11.8. The molecular weight excluding hydrogens is 458 g/mol. The van der Waals surface area contributed by atoms with Crippen LogP contribution in [0.2, 0.25) is 5.02 Å². The first-order valence-corrected chi connectivity index (χ1v) is 12.1. The van der Waals surface area contributed by atoms with Crippen LogP contribution in [-0.2, 0) is 11.3 Å². The Morgan fingerprint density at radius 3 is 2.33 bits per heavy atom. The zero-order valence-electron chi connectivity index (χ0n) is 19.4. The number of anilines is 1. The van der Waals surface area contributed by atoms with Gasteiger partial charge in [-0.25, -0.2) is 0 Å². The molecule has 0 fully saturated rings. The number of thioether (sulfide) groups is 1. The van der Waals surface area contributed by atoms with E-state index in [1.165, 1.54) is 17.3 Å². The highest BCUT2D eigenvalue weighted by Gasteiger charge is 2.20. The van der Waals surface area contributed by atoms with Gasteiger partial charge in [0, 0.05) is 22.8 Å². The second kappa shape index (κ2) is 10.9. The summed E-state index contributed by atoms with van der Waals surface area (Å²) in [5.74, 6) is 0.512. The van der Waals surface area contributed by atoms with E-state index in [4.69, 9.17) is 11.6 Å². The van der Waals surface area contributed by atoms with E-state index in [0.717, 1.165) is 16.8 Å². The fraction of sp³-hybridized carbons (Fsp3) is 0.333. The number of aryl methyl sites for hydroxylation is 3. The Morgan fingerprint density at radius 2 is 1.73 bits per heavy atom. The molecule has 174 valence electrons. The van der Waals surface area contributed by atoms with Crippen molar-refractivity contribution in [1.82, 2.24) is 20.1 Å². The van der Waals surface area contributed by atoms with E-state index >= 15 is 0 Å². The van der Waals surface area contributed by atoms with Crippen LogP contribution in [0.3, 0.4) is 0 Å². The van der Waals surface area contributed by atoms with Crippen LogP contribution in [0, 0.1) is 20.8 Å². The Balaban J connectivity index is 1.64. The molecule has 9 heteroatoms. The summed E-state index contributed by atoms with van der Waals surface area (Å²) in [6.07, 6.45) is 0. The molecule has 0 radical (unpaired) electrons. The lowest BCUT2D eigenvalue weighted by atomic mass is 10.1. The second-order valence-corrected chi connectivity index (χ2v) is 9.28. The lowest BCUT2D eigenvalue weighted by molar-refractivity contribution is -0.113. The van der Waals surface area contributed by atoms with E-state index in [1.807, 2.05) is 39.2 Å². The molecule has 0 aliphatic carbocycles. The number of nitrogens with zero attached hydrogens (tertiary/aromatic N) is 3. The Bertz CT molecular complexity index is 1140. The molecule has 3 rings (SSSR count). The summed E-state index contributed by atoms with van der Waals surface area (Å²) in [5.41, 5.74) is 4.60. The summed E-state index contributed by atoms with van der Waals surface area (Å²) in [4.78, 5) is 25.1. The molecule has 1 atom stereocenters. The standard InChI is InChI=1S/C24H28ClN5O2S/c1-6-30-22(17(5)26-23(32)18-7-9-19(25)10-8-18)28-29-24(30)33-13-20(31)27-21-15(3)11-14(2)12-16(21)4/h7-12,17H,6,13H2,1-5H3,(H,26,32)(H,27,31)/t17-/m0/s1. The van der Waals surface area contributed by atoms with Gasteiger partial charge in [0.2, 0.25) is 5.91 Å². The van der Waals surface area contributed by atoms with E-state index in [2.05, 4.69) is 33.0 Å². The van der Waals surface area contributed by atoms with Gasteiger partial charge >= 0.3 is 0 Å². The van der Waals surface area contributed by atoms with E-state index in [1.54, 1.807) is 24.3 Å². The fourth-order valence-corrected chi connectivity index (χ4v) is 4.59. The van der Waals surface area contributed by atoms with Crippen molar-refractivity contribution in [3.8, 4) is 0 Å². The van der Waals surface area contributed by atoms with E-state index in [-0.39, 0.29) is 23.6 Å². The first kappa shape index (κ1) is 24.8. The van der Waals surface area contributed by atoms with Crippen LogP contribution in [0.4, 0.5) is 5.69 Å². The van der Waals surface area contributed by atoms with Crippen molar-refractivity contribution in [2.24, 2.45) is 0 Å². The molecule has 0 aliphatic rings. The maximum absolute atomic E-state index is 12.6. The Hall–Kier alpha value is -2.84. The van der Waals surface area contributed by atoms with Crippen LogP contribution in [-0.4, -0.2) is 32.3 Å². The van der Waals surface area contributed by atoms with Crippen molar-refractivity contribution in [3.05, 3.63) is 69.5 Å². The SMILES string of the molecule is CCn1c(SCC(=O)Nc2c(C)cc(C)cc2C)nnc1[C@H](C)NC(=O)c1ccc(Cl)cc1. The minimum atomic E-state index is -0.360. The van der Waals surface area contributed by atoms with Gasteiger partial charge in [-0.15, -0.1) is 10.2 Å².